The van der Waals surface area contributed by atoms with E-state index >= 15 is 0 Å². The number of anilines is 1. The van der Waals surface area contributed by atoms with Gasteiger partial charge in [0.2, 0.25) is 0 Å². The Morgan fingerprint density at radius 2 is 1.97 bits per heavy atom. The van der Waals surface area contributed by atoms with Crippen LogP contribution in [-0.4, -0.2) is 36.2 Å². The van der Waals surface area contributed by atoms with Crippen LogP contribution < -0.4 is 19.8 Å². The van der Waals surface area contributed by atoms with Crippen molar-refractivity contribution in [2.24, 2.45) is 4.99 Å². The number of non-ortho nitro benzene ring substituents is 1. The summed E-state index contributed by atoms with van der Waals surface area (Å²) in [6.45, 7) is 3.51. The van der Waals surface area contributed by atoms with Crippen LogP contribution in [0.1, 0.15) is 31.0 Å². The molecule has 1 aliphatic rings. The molecule has 9 nitrogen and oxygen atoms in total. The maximum atomic E-state index is 13.6. The normalized spacial score (nSPS) is 15.4. The van der Waals surface area contributed by atoms with Crippen LogP contribution >= 0.6 is 11.3 Å². The van der Waals surface area contributed by atoms with Gasteiger partial charge in [0.1, 0.15) is 0 Å². The third kappa shape index (κ3) is 4.65. The van der Waals surface area contributed by atoms with Crippen molar-refractivity contribution >= 4 is 34.8 Å². The molecule has 0 bridgehead atoms. The van der Waals surface area contributed by atoms with Gasteiger partial charge in [-0.2, -0.15) is 0 Å². The second-order valence-electron chi connectivity index (χ2n) is 8.14. The molecule has 0 amide bonds. The van der Waals surface area contributed by atoms with Gasteiger partial charge in [0.25, 0.3) is 11.2 Å². The van der Waals surface area contributed by atoms with Gasteiger partial charge in [-0.3, -0.25) is 19.5 Å². The monoisotopic (exact) mass is 492 g/mol. The predicted molar refractivity (Wildman–Crippen MR) is 134 cm³/mol. The largest absolute Gasteiger partial charge is 0.463 e. The number of ether oxygens (including phenoxy) is 1. The molecule has 0 unspecified atom stereocenters. The highest BCUT2D eigenvalue weighted by Crippen LogP contribution is 2.32. The molecule has 35 heavy (non-hydrogen) atoms. The summed E-state index contributed by atoms with van der Waals surface area (Å²) in [4.78, 5) is 44.3. The van der Waals surface area contributed by atoms with Crippen LogP contribution in [0.15, 0.2) is 69.6 Å². The van der Waals surface area contributed by atoms with Gasteiger partial charge in [0.15, 0.2) is 4.80 Å². The number of thiazole rings is 1. The summed E-state index contributed by atoms with van der Waals surface area (Å²) in [6, 6.07) is 12.8. The van der Waals surface area contributed by atoms with Gasteiger partial charge >= 0.3 is 5.97 Å². The standard InChI is InChI=1S/C25H24N4O5S/c1-5-34-24(31)21-15(2)26-25-28(22(21)17-7-6-8-19(14-17)29(32)33)23(30)20(35-25)13-16-9-11-18(12-10-16)27(3)4/h6-14,22H,5H2,1-4H3/b20-13+/t22-/m1/s1. The van der Waals surface area contributed by atoms with Gasteiger partial charge in [0.05, 0.1) is 33.4 Å². The number of carbonyl (C=O) groups is 1. The lowest BCUT2D eigenvalue weighted by molar-refractivity contribution is -0.384. The van der Waals surface area contributed by atoms with Crippen molar-refractivity contribution in [1.82, 2.24) is 4.57 Å². The van der Waals surface area contributed by atoms with Gasteiger partial charge in [0, 0.05) is 31.9 Å². The Hall–Kier alpha value is -4.05. The zero-order valence-electron chi connectivity index (χ0n) is 19.7. The van der Waals surface area contributed by atoms with Crippen molar-refractivity contribution in [3.8, 4) is 0 Å². The van der Waals surface area contributed by atoms with Gasteiger partial charge in [-0.05, 0) is 43.2 Å². The quantitative estimate of drug-likeness (QED) is 0.298. The fraction of sp³-hybridized carbons (Fsp3) is 0.240. The van der Waals surface area contributed by atoms with Crippen LogP contribution in [-0.2, 0) is 9.53 Å². The molecule has 180 valence electrons. The summed E-state index contributed by atoms with van der Waals surface area (Å²) in [5, 5.41) is 11.4. The maximum Gasteiger partial charge on any atom is 0.338 e. The number of carbonyl (C=O) groups excluding carboxylic acids is 1. The zero-order chi connectivity index (χ0) is 25.3. The summed E-state index contributed by atoms with van der Waals surface area (Å²) in [7, 11) is 3.90. The Bertz CT molecular complexity index is 1520. The van der Waals surface area contributed by atoms with E-state index in [1.165, 1.54) is 34.1 Å². The van der Waals surface area contributed by atoms with Gasteiger partial charge in [-0.25, -0.2) is 9.79 Å². The summed E-state index contributed by atoms with van der Waals surface area (Å²) in [5.74, 6) is -0.612. The Kier molecular flexibility index (Phi) is 6.65. The summed E-state index contributed by atoms with van der Waals surface area (Å²) in [5.41, 5.74) is 2.42. The molecule has 0 fully saturated rings. The third-order valence-electron chi connectivity index (χ3n) is 5.62. The van der Waals surface area contributed by atoms with E-state index in [4.69, 9.17) is 4.74 Å². The summed E-state index contributed by atoms with van der Waals surface area (Å²) >= 11 is 1.20. The van der Waals surface area contributed by atoms with Crippen molar-refractivity contribution in [1.29, 1.82) is 0 Å². The zero-order valence-corrected chi connectivity index (χ0v) is 20.5. The molecule has 0 spiro atoms. The number of hydrogen-bond acceptors (Lipinski definition) is 8. The van der Waals surface area contributed by atoms with Crippen LogP contribution in [0.3, 0.4) is 0 Å². The molecular weight excluding hydrogens is 468 g/mol. The van der Waals surface area contributed by atoms with Crippen molar-refractivity contribution in [3.63, 3.8) is 0 Å². The first kappa shape index (κ1) is 24.1. The topological polar surface area (TPSA) is 107 Å². The lowest BCUT2D eigenvalue weighted by Crippen LogP contribution is -2.40. The maximum absolute atomic E-state index is 13.6. The molecular formula is C25H24N4O5S. The van der Waals surface area contributed by atoms with Gasteiger partial charge in [-0.1, -0.05) is 35.6 Å². The van der Waals surface area contributed by atoms with E-state index in [9.17, 15) is 19.7 Å². The highest BCUT2D eigenvalue weighted by molar-refractivity contribution is 7.07. The van der Waals surface area contributed by atoms with E-state index in [0.717, 1.165) is 11.3 Å². The van der Waals surface area contributed by atoms with Crippen LogP contribution in [0.4, 0.5) is 11.4 Å². The average Bonchev–Trinajstić information content (AvgIpc) is 3.13. The SMILES string of the molecule is CCOC(=O)C1=C(C)N=c2s/c(=C/c3ccc(N(C)C)cc3)c(=O)n2[C@@H]1c1cccc([N+](=O)[O-])c1. The minimum atomic E-state index is -0.900. The van der Waals surface area contributed by atoms with Crippen LogP contribution in [0.25, 0.3) is 6.08 Å². The Balaban J connectivity index is 1.92. The van der Waals surface area contributed by atoms with E-state index < -0.39 is 16.9 Å². The first-order valence-electron chi connectivity index (χ1n) is 10.9. The number of fused-ring (bicyclic) bond motifs is 1. The molecule has 0 N–H and O–H groups in total. The smallest absolute Gasteiger partial charge is 0.338 e. The van der Waals surface area contributed by atoms with Crippen molar-refractivity contribution in [3.05, 3.63) is 101 Å². The lowest BCUT2D eigenvalue weighted by Gasteiger charge is -2.24. The summed E-state index contributed by atoms with van der Waals surface area (Å²) in [6.07, 6.45) is 1.77. The fourth-order valence-corrected chi connectivity index (χ4v) is 4.98. The van der Waals surface area contributed by atoms with Gasteiger partial charge < -0.3 is 9.64 Å². The molecule has 1 atom stereocenters. The number of esters is 1. The highest BCUT2D eigenvalue weighted by atomic mass is 32.1. The molecule has 10 heteroatoms. The summed E-state index contributed by atoms with van der Waals surface area (Å²) < 4.78 is 7.11. The molecule has 0 aliphatic carbocycles. The van der Waals surface area contributed by atoms with Crippen LogP contribution in [0.2, 0.25) is 0 Å². The number of allylic oxidation sites excluding steroid dienone is 1. The van der Waals surface area contributed by atoms with E-state index in [-0.39, 0.29) is 23.4 Å². The molecule has 4 rings (SSSR count). The van der Waals surface area contributed by atoms with E-state index in [1.807, 2.05) is 43.3 Å². The van der Waals surface area contributed by atoms with Crippen LogP contribution in [0, 0.1) is 10.1 Å². The Morgan fingerprint density at radius 3 is 2.60 bits per heavy atom. The average molecular weight is 493 g/mol. The first-order chi connectivity index (χ1) is 16.7. The minimum absolute atomic E-state index is 0.136. The van der Waals surface area contributed by atoms with E-state index in [1.54, 1.807) is 26.0 Å². The number of benzene rings is 2. The second kappa shape index (κ2) is 9.67. The molecule has 0 saturated carbocycles. The number of nitro benzene ring substituents is 1. The van der Waals surface area contributed by atoms with Crippen molar-refractivity contribution in [2.75, 3.05) is 25.6 Å². The first-order valence-corrected chi connectivity index (χ1v) is 11.7. The molecule has 2 aromatic carbocycles. The molecule has 1 aliphatic heterocycles. The Labute approximate surface area is 205 Å². The fourth-order valence-electron chi connectivity index (χ4n) is 3.94. The predicted octanol–water partition coefficient (Wildman–Crippen LogP) is 2.77. The lowest BCUT2D eigenvalue weighted by atomic mass is 9.95. The van der Waals surface area contributed by atoms with Crippen molar-refractivity contribution < 1.29 is 14.5 Å². The molecule has 0 radical (unpaired) electrons. The highest BCUT2D eigenvalue weighted by Gasteiger charge is 2.34. The number of nitro groups is 1. The van der Waals surface area contributed by atoms with Crippen molar-refractivity contribution in [2.45, 2.75) is 19.9 Å². The molecule has 3 aromatic rings. The van der Waals surface area contributed by atoms with E-state index in [2.05, 4.69) is 4.99 Å². The minimum Gasteiger partial charge on any atom is -0.463 e. The van der Waals surface area contributed by atoms with E-state index in [0.29, 0.717) is 20.6 Å². The van der Waals surface area contributed by atoms with Crippen LogP contribution in [0.5, 0.6) is 0 Å². The number of rotatable bonds is 6. The molecule has 0 saturated heterocycles. The number of aromatic nitrogens is 1. The van der Waals surface area contributed by atoms with Gasteiger partial charge in [-0.15, -0.1) is 0 Å². The number of hydrogen-bond donors (Lipinski definition) is 0. The number of nitrogens with zero attached hydrogens (tertiary/aromatic N) is 4. The second-order valence-corrected chi connectivity index (χ2v) is 9.15. The third-order valence-corrected chi connectivity index (χ3v) is 6.60. The molecule has 2 heterocycles. The Morgan fingerprint density at radius 1 is 1.26 bits per heavy atom. The molecule has 1 aromatic heterocycles.